The zero-order chi connectivity index (χ0) is 28.8. The Bertz CT molecular complexity index is 1680. The Balaban J connectivity index is 1.34. The van der Waals surface area contributed by atoms with Crippen molar-refractivity contribution in [3.05, 3.63) is 88.0 Å². The molecule has 5 N–H and O–H groups in total. The number of amides is 3. The summed E-state index contributed by atoms with van der Waals surface area (Å²) in [7, 11) is 0. The Labute approximate surface area is 230 Å². The van der Waals surface area contributed by atoms with E-state index in [1.807, 2.05) is 0 Å². The van der Waals surface area contributed by atoms with Gasteiger partial charge in [-0.1, -0.05) is 42.5 Å². The number of benzene rings is 2. The minimum absolute atomic E-state index is 0.00884. The first-order valence-corrected chi connectivity index (χ1v) is 12.7. The number of H-pyrrole nitrogens is 1. The molecule has 4 heterocycles. The number of carbonyl (C=O) groups is 3. The third kappa shape index (κ3) is 4.48. The molecule has 3 amide bonds. The maximum absolute atomic E-state index is 13.7. The van der Waals surface area contributed by atoms with Gasteiger partial charge in [0, 0.05) is 6.42 Å². The molecule has 0 aliphatic carbocycles. The molecule has 14 heteroatoms. The molecule has 2 aromatic carbocycles. The highest BCUT2D eigenvalue weighted by Crippen LogP contribution is 2.31. The molecule has 1 fully saturated rings. The van der Waals surface area contributed by atoms with Crippen LogP contribution in [0.5, 0.6) is 0 Å². The van der Waals surface area contributed by atoms with Crippen molar-refractivity contribution in [2.24, 2.45) is 0 Å². The van der Waals surface area contributed by atoms with Gasteiger partial charge in [-0.3, -0.25) is 38.9 Å². The minimum Gasteiger partial charge on any atom is -0.394 e. The monoisotopic (exact) mass is 560 g/mol. The molecule has 0 spiro atoms. The molecule has 14 nitrogen and oxygen atoms in total. The summed E-state index contributed by atoms with van der Waals surface area (Å²) in [6.07, 6.45) is -4.00. The average molecular weight is 561 g/mol. The van der Waals surface area contributed by atoms with E-state index in [2.05, 4.69) is 20.3 Å². The second-order valence-electron chi connectivity index (χ2n) is 9.69. The van der Waals surface area contributed by atoms with Gasteiger partial charge in [0.1, 0.15) is 24.4 Å². The third-order valence-electron chi connectivity index (χ3n) is 7.18. The zero-order valence-corrected chi connectivity index (χ0v) is 21.2. The van der Waals surface area contributed by atoms with Crippen LogP contribution in [0.4, 0.5) is 5.95 Å². The molecular formula is C27H24N6O8. The van der Waals surface area contributed by atoms with Crippen LogP contribution in [0.25, 0.3) is 11.2 Å². The molecule has 2 aliphatic heterocycles. The van der Waals surface area contributed by atoms with Gasteiger partial charge in [-0.15, -0.1) is 0 Å². The first-order chi connectivity index (χ1) is 19.8. The topological polar surface area (TPSA) is 200 Å². The van der Waals surface area contributed by atoms with E-state index >= 15 is 0 Å². The summed E-state index contributed by atoms with van der Waals surface area (Å²) >= 11 is 0. The highest BCUT2D eigenvalue weighted by molar-refractivity contribution is 6.23. The number of aromatic amines is 1. The van der Waals surface area contributed by atoms with Crippen LogP contribution in [0.1, 0.15) is 32.5 Å². The van der Waals surface area contributed by atoms with Crippen LogP contribution in [0.3, 0.4) is 0 Å². The van der Waals surface area contributed by atoms with Gasteiger partial charge in [0.05, 0.1) is 24.1 Å². The van der Waals surface area contributed by atoms with E-state index in [1.54, 1.807) is 42.5 Å². The second kappa shape index (κ2) is 10.3. The fourth-order valence-electron chi connectivity index (χ4n) is 5.11. The van der Waals surface area contributed by atoms with Gasteiger partial charge in [-0.25, -0.2) is 4.98 Å². The zero-order valence-electron chi connectivity index (χ0n) is 21.2. The van der Waals surface area contributed by atoms with E-state index in [9.17, 15) is 34.5 Å². The number of aliphatic hydroxyl groups excluding tert-OH is 3. The lowest BCUT2D eigenvalue weighted by molar-refractivity contribution is -0.120. The Morgan fingerprint density at radius 1 is 1.00 bits per heavy atom. The van der Waals surface area contributed by atoms with Crippen molar-refractivity contribution in [3.63, 3.8) is 0 Å². The number of imide groups is 1. The lowest BCUT2D eigenvalue weighted by Gasteiger charge is -2.25. The van der Waals surface area contributed by atoms with Crippen LogP contribution >= 0.6 is 0 Å². The second-order valence-corrected chi connectivity index (χ2v) is 9.69. The molecule has 41 heavy (non-hydrogen) atoms. The molecule has 4 aromatic rings. The lowest BCUT2D eigenvalue weighted by Crippen LogP contribution is -2.48. The number of aliphatic hydroxyl groups is 3. The van der Waals surface area contributed by atoms with Crippen molar-refractivity contribution in [1.29, 1.82) is 0 Å². The van der Waals surface area contributed by atoms with E-state index in [0.717, 1.165) is 4.90 Å². The van der Waals surface area contributed by atoms with Crippen LogP contribution in [0.2, 0.25) is 0 Å². The van der Waals surface area contributed by atoms with Crippen LogP contribution in [0, 0.1) is 0 Å². The van der Waals surface area contributed by atoms with Crippen molar-refractivity contribution in [3.8, 4) is 0 Å². The highest BCUT2D eigenvalue weighted by atomic mass is 16.6. The molecule has 2 aromatic heterocycles. The van der Waals surface area contributed by atoms with E-state index in [4.69, 9.17) is 4.74 Å². The Morgan fingerprint density at radius 2 is 1.66 bits per heavy atom. The third-order valence-corrected chi connectivity index (χ3v) is 7.18. The van der Waals surface area contributed by atoms with Crippen LogP contribution in [-0.4, -0.2) is 88.4 Å². The maximum Gasteiger partial charge on any atom is 0.280 e. The van der Waals surface area contributed by atoms with Crippen molar-refractivity contribution in [2.75, 3.05) is 11.9 Å². The van der Waals surface area contributed by atoms with Crippen molar-refractivity contribution >= 4 is 34.8 Å². The number of rotatable bonds is 7. The number of anilines is 1. The summed E-state index contributed by atoms with van der Waals surface area (Å²) in [5, 5.41) is 32.5. The molecule has 0 radical (unpaired) electrons. The SMILES string of the molecule is O=C(Nc1nc2c(ncn2[C@@H]2O[C@H](CO)[C@@H](O)[C@@H]2O)c(=O)[nH]1)[C@@H](Cc1ccccc1)N1C(=O)c2ccccc2C1=O. The van der Waals surface area contributed by atoms with Crippen molar-refractivity contribution in [2.45, 2.75) is 37.0 Å². The Morgan fingerprint density at radius 3 is 2.29 bits per heavy atom. The number of hydrogen-bond donors (Lipinski definition) is 5. The molecule has 2 aliphatic rings. The number of carbonyl (C=O) groups excluding carboxylic acids is 3. The fourth-order valence-corrected chi connectivity index (χ4v) is 5.11. The fraction of sp³-hybridized carbons (Fsp3) is 0.259. The average Bonchev–Trinajstić information content (AvgIpc) is 3.60. The molecule has 1 saturated heterocycles. The van der Waals surface area contributed by atoms with Gasteiger partial charge in [0.15, 0.2) is 17.4 Å². The summed E-state index contributed by atoms with van der Waals surface area (Å²) in [6.45, 7) is -0.558. The van der Waals surface area contributed by atoms with Crippen molar-refractivity contribution < 1.29 is 34.4 Å². The Hall–Kier alpha value is -4.76. The van der Waals surface area contributed by atoms with Crippen LogP contribution < -0.4 is 10.9 Å². The van der Waals surface area contributed by atoms with Crippen LogP contribution in [0.15, 0.2) is 65.7 Å². The van der Waals surface area contributed by atoms with Gasteiger partial charge in [0.25, 0.3) is 17.4 Å². The predicted octanol–water partition coefficient (Wildman–Crippen LogP) is -0.423. The van der Waals surface area contributed by atoms with Gasteiger partial charge in [-0.05, 0) is 17.7 Å². The molecule has 0 saturated carbocycles. The van der Waals surface area contributed by atoms with Gasteiger partial charge < -0.3 is 20.1 Å². The number of aromatic nitrogens is 4. The normalized spacial score (nSPS) is 22.8. The Kier molecular flexibility index (Phi) is 6.67. The number of nitrogens with zero attached hydrogens (tertiary/aromatic N) is 4. The summed E-state index contributed by atoms with van der Waals surface area (Å²) in [4.78, 5) is 64.6. The van der Waals surface area contributed by atoms with Crippen LogP contribution in [-0.2, 0) is 16.0 Å². The van der Waals surface area contributed by atoms with Gasteiger partial charge in [-0.2, -0.15) is 4.98 Å². The van der Waals surface area contributed by atoms with E-state index in [-0.39, 0.29) is 34.7 Å². The smallest absolute Gasteiger partial charge is 0.280 e. The van der Waals surface area contributed by atoms with Crippen molar-refractivity contribution in [1.82, 2.24) is 24.4 Å². The summed E-state index contributed by atoms with van der Waals surface area (Å²) in [5.74, 6) is -2.34. The molecular weight excluding hydrogens is 536 g/mol. The van der Waals surface area contributed by atoms with E-state index < -0.39 is 60.5 Å². The first-order valence-electron chi connectivity index (χ1n) is 12.7. The number of fused-ring (bicyclic) bond motifs is 2. The number of ether oxygens (including phenoxy) is 1. The summed E-state index contributed by atoms with van der Waals surface area (Å²) in [6, 6.07) is 13.8. The number of hydrogen-bond acceptors (Lipinski definition) is 10. The largest absolute Gasteiger partial charge is 0.394 e. The van der Waals surface area contributed by atoms with Gasteiger partial charge in [0.2, 0.25) is 11.9 Å². The van der Waals surface area contributed by atoms with Gasteiger partial charge >= 0.3 is 0 Å². The summed E-state index contributed by atoms with van der Waals surface area (Å²) < 4.78 is 6.73. The molecule has 0 unspecified atom stereocenters. The van der Waals surface area contributed by atoms with E-state index in [1.165, 1.54) is 23.0 Å². The minimum atomic E-state index is -1.47. The molecule has 0 bridgehead atoms. The van der Waals surface area contributed by atoms with E-state index in [0.29, 0.717) is 5.56 Å². The quantitative estimate of drug-likeness (QED) is 0.185. The predicted molar refractivity (Wildman–Crippen MR) is 141 cm³/mol. The molecule has 5 atom stereocenters. The number of nitrogens with one attached hydrogen (secondary N) is 2. The standard InChI is InChI=1S/C27H24N6O8/c34-11-17-19(35)20(36)26(41-17)32-12-28-18-21(32)29-27(31-23(18)38)30-22(37)16(10-13-6-2-1-3-7-13)33-24(39)14-8-4-5-9-15(14)25(33)40/h1-9,12,16-17,19-20,26,34-36H,10-11H2,(H2,29,30,31,37,38)/t16-,17-,19-,20+,26-/m1/s1. The molecule has 210 valence electrons. The highest BCUT2D eigenvalue weighted by Gasteiger charge is 2.45. The maximum atomic E-state index is 13.7. The first kappa shape index (κ1) is 26.5. The summed E-state index contributed by atoms with van der Waals surface area (Å²) in [5.41, 5.74) is 0.0956. The number of imidazole rings is 1. The lowest BCUT2D eigenvalue weighted by atomic mass is 10.0. The molecule has 6 rings (SSSR count).